The first-order valence-corrected chi connectivity index (χ1v) is 7.00. The zero-order valence-corrected chi connectivity index (χ0v) is 11.1. The first-order chi connectivity index (χ1) is 9.60. The number of hydrogen-bond donors (Lipinski definition) is 1. The van der Waals surface area contributed by atoms with Gasteiger partial charge in [-0.05, 0) is 6.07 Å². The van der Waals surface area contributed by atoms with Gasteiger partial charge >= 0.3 is 21.6 Å². The average molecular weight is 326 g/mol. The van der Waals surface area contributed by atoms with Crippen molar-refractivity contribution in [1.82, 2.24) is 0 Å². The molecular formula is C11H9F3O6S. The van der Waals surface area contributed by atoms with Crippen LogP contribution in [0.25, 0.3) is 0 Å². The van der Waals surface area contributed by atoms with Crippen LogP contribution in [0.15, 0.2) is 18.2 Å². The number of hydrogen-bond acceptors (Lipinski definition) is 5. The highest BCUT2D eigenvalue weighted by Crippen LogP contribution is 2.39. The van der Waals surface area contributed by atoms with Gasteiger partial charge in [-0.1, -0.05) is 6.07 Å². The molecule has 0 fully saturated rings. The summed E-state index contributed by atoms with van der Waals surface area (Å²) in [6, 6.07) is 3.29. The van der Waals surface area contributed by atoms with E-state index in [1.807, 2.05) is 0 Å². The van der Waals surface area contributed by atoms with Crippen molar-refractivity contribution in [3.8, 4) is 11.5 Å². The topological polar surface area (TPSA) is 89.9 Å². The van der Waals surface area contributed by atoms with Gasteiger partial charge in [-0.25, -0.2) is 0 Å². The van der Waals surface area contributed by atoms with E-state index in [9.17, 15) is 26.4 Å². The fourth-order valence-corrected chi connectivity index (χ4v) is 2.31. The lowest BCUT2D eigenvalue weighted by Gasteiger charge is -2.10. The Bertz CT molecular complexity index is 667. The average Bonchev–Trinajstić information content (AvgIpc) is 2.69. The molecular weight excluding hydrogens is 317 g/mol. The normalized spacial score (nSPS) is 18.0. The number of carbonyl (C=O) groups is 1. The molecule has 2 rings (SSSR count). The third-order valence-electron chi connectivity index (χ3n) is 2.78. The van der Waals surface area contributed by atoms with Crippen LogP contribution >= 0.6 is 0 Å². The van der Waals surface area contributed by atoms with Crippen LogP contribution in [-0.2, 0) is 14.9 Å². The van der Waals surface area contributed by atoms with Gasteiger partial charge in [-0.2, -0.15) is 21.6 Å². The summed E-state index contributed by atoms with van der Waals surface area (Å²) < 4.78 is 67.4. The summed E-state index contributed by atoms with van der Waals surface area (Å²) in [5.41, 5.74) is -5.05. The quantitative estimate of drug-likeness (QED) is 0.671. The molecule has 0 amide bonds. The van der Waals surface area contributed by atoms with Gasteiger partial charge in [0.15, 0.2) is 0 Å². The van der Waals surface area contributed by atoms with Crippen molar-refractivity contribution in [2.45, 2.75) is 17.8 Å². The van der Waals surface area contributed by atoms with Crippen molar-refractivity contribution >= 4 is 16.1 Å². The fraction of sp³-hybridized carbons (Fsp3) is 0.364. The van der Waals surface area contributed by atoms with Gasteiger partial charge in [0.25, 0.3) is 0 Å². The Labute approximate surface area is 117 Å². The number of aliphatic carboxylic acids is 1. The first kappa shape index (κ1) is 15.4. The molecule has 1 aromatic carbocycles. The zero-order valence-electron chi connectivity index (χ0n) is 10.3. The van der Waals surface area contributed by atoms with Crippen LogP contribution in [0, 0.1) is 0 Å². The fourth-order valence-electron chi connectivity index (χ4n) is 1.86. The molecule has 10 heteroatoms. The number of rotatable bonds is 4. The summed E-state index contributed by atoms with van der Waals surface area (Å²) in [5, 5.41) is 8.71. The molecule has 1 aromatic rings. The molecule has 0 aliphatic carbocycles. The van der Waals surface area contributed by atoms with Crippen molar-refractivity contribution in [1.29, 1.82) is 0 Å². The Hall–Kier alpha value is -1.97. The number of carboxylic acids is 1. The van der Waals surface area contributed by atoms with Gasteiger partial charge < -0.3 is 14.0 Å². The molecule has 116 valence electrons. The molecule has 21 heavy (non-hydrogen) atoms. The van der Waals surface area contributed by atoms with Gasteiger partial charge in [0.05, 0.1) is 13.0 Å². The van der Waals surface area contributed by atoms with Crippen LogP contribution < -0.4 is 8.92 Å². The third-order valence-corrected chi connectivity index (χ3v) is 3.75. The molecule has 1 aliphatic rings. The molecule has 1 aliphatic heterocycles. The Morgan fingerprint density at radius 1 is 1.43 bits per heavy atom. The summed E-state index contributed by atoms with van der Waals surface area (Å²) in [6.45, 7) is 0.0527. The van der Waals surface area contributed by atoms with Crippen LogP contribution in [0.5, 0.6) is 11.5 Å². The molecule has 0 aromatic heterocycles. The van der Waals surface area contributed by atoms with Gasteiger partial charge in [-0.15, -0.1) is 0 Å². The number of carboxylic acid groups (broad SMARTS) is 1. The predicted octanol–water partition coefficient (Wildman–Crippen LogP) is 1.87. The second-order valence-electron chi connectivity index (χ2n) is 4.29. The highest BCUT2D eigenvalue weighted by molar-refractivity contribution is 7.88. The Kier molecular flexibility index (Phi) is 3.74. The Morgan fingerprint density at radius 2 is 2.10 bits per heavy atom. The summed E-state index contributed by atoms with van der Waals surface area (Å²) in [4.78, 5) is 10.6. The lowest BCUT2D eigenvalue weighted by atomic mass is 9.98. The minimum atomic E-state index is -5.75. The van der Waals surface area contributed by atoms with Crippen molar-refractivity contribution in [2.75, 3.05) is 6.61 Å². The third kappa shape index (κ3) is 3.20. The largest absolute Gasteiger partial charge is 0.534 e. The minimum absolute atomic E-state index is 0.0527. The number of ether oxygens (including phenoxy) is 1. The monoisotopic (exact) mass is 326 g/mol. The van der Waals surface area contributed by atoms with E-state index in [2.05, 4.69) is 4.18 Å². The van der Waals surface area contributed by atoms with E-state index in [4.69, 9.17) is 9.84 Å². The van der Waals surface area contributed by atoms with Gasteiger partial charge in [0.1, 0.15) is 11.5 Å². The van der Waals surface area contributed by atoms with E-state index in [-0.39, 0.29) is 18.8 Å². The lowest BCUT2D eigenvalue weighted by molar-refractivity contribution is -0.137. The second kappa shape index (κ2) is 5.10. The summed E-state index contributed by atoms with van der Waals surface area (Å²) >= 11 is 0. The van der Waals surface area contributed by atoms with Crippen molar-refractivity contribution < 1.29 is 40.4 Å². The molecule has 0 bridgehead atoms. The van der Waals surface area contributed by atoms with E-state index in [0.717, 1.165) is 12.1 Å². The number of benzene rings is 1. The molecule has 0 saturated carbocycles. The molecule has 0 spiro atoms. The maximum Gasteiger partial charge on any atom is 0.534 e. The van der Waals surface area contributed by atoms with Crippen LogP contribution in [0.3, 0.4) is 0 Å². The molecule has 1 N–H and O–H groups in total. The van der Waals surface area contributed by atoms with Gasteiger partial charge in [0.2, 0.25) is 0 Å². The van der Waals surface area contributed by atoms with E-state index < -0.39 is 33.3 Å². The number of fused-ring (bicyclic) bond motifs is 1. The molecule has 1 atom stereocenters. The minimum Gasteiger partial charge on any atom is -0.492 e. The highest BCUT2D eigenvalue weighted by Gasteiger charge is 2.48. The van der Waals surface area contributed by atoms with E-state index >= 15 is 0 Å². The van der Waals surface area contributed by atoms with Crippen molar-refractivity contribution in [2.24, 2.45) is 0 Å². The molecule has 0 radical (unpaired) electrons. The van der Waals surface area contributed by atoms with Crippen LogP contribution in [0.4, 0.5) is 13.2 Å². The number of halogens is 3. The summed E-state index contributed by atoms with van der Waals surface area (Å²) in [6.07, 6.45) is -0.200. The highest BCUT2D eigenvalue weighted by atomic mass is 32.2. The van der Waals surface area contributed by atoms with Gasteiger partial charge in [0, 0.05) is 17.5 Å². The Balaban J connectivity index is 2.22. The Morgan fingerprint density at radius 3 is 2.67 bits per heavy atom. The van der Waals surface area contributed by atoms with Crippen LogP contribution in [0.2, 0.25) is 0 Å². The van der Waals surface area contributed by atoms with Crippen molar-refractivity contribution in [3.63, 3.8) is 0 Å². The summed E-state index contributed by atoms with van der Waals surface area (Å²) in [5.74, 6) is -1.93. The maximum absolute atomic E-state index is 12.2. The molecule has 6 nitrogen and oxygen atoms in total. The van der Waals surface area contributed by atoms with E-state index in [0.29, 0.717) is 5.56 Å². The number of alkyl halides is 3. The summed E-state index contributed by atoms with van der Waals surface area (Å²) in [7, 11) is -5.75. The second-order valence-corrected chi connectivity index (χ2v) is 5.83. The molecule has 0 unspecified atom stereocenters. The molecule has 0 saturated heterocycles. The maximum atomic E-state index is 12.2. The van der Waals surface area contributed by atoms with Crippen molar-refractivity contribution in [3.05, 3.63) is 23.8 Å². The van der Waals surface area contributed by atoms with Gasteiger partial charge in [-0.3, -0.25) is 4.79 Å². The standard InChI is InChI=1S/C11H9F3O6S/c12-11(13,14)21(17,18)20-7-1-2-8-6(3-10(15)16)5-19-9(8)4-7/h1-2,4,6H,3,5H2,(H,15,16)/t6-/m1/s1. The van der Waals surface area contributed by atoms with Crippen LogP contribution in [-0.4, -0.2) is 31.6 Å². The first-order valence-electron chi connectivity index (χ1n) is 5.59. The SMILES string of the molecule is O=C(O)C[C@@H]1COc2cc(OS(=O)(=O)C(F)(F)F)ccc21. The van der Waals surface area contributed by atoms with E-state index in [1.165, 1.54) is 6.07 Å². The molecule has 1 heterocycles. The smallest absolute Gasteiger partial charge is 0.492 e. The lowest BCUT2D eigenvalue weighted by Crippen LogP contribution is -2.28. The van der Waals surface area contributed by atoms with Crippen LogP contribution in [0.1, 0.15) is 17.9 Å². The predicted molar refractivity (Wildman–Crippen MR) is 62.5 cm³/mol. The van der Waals surface area contributed by atoms with E-state index in [1.54, 1.807) is 0 Å². The zero-order chi connectivity index (χ0) is 15.8.